The van der Waals surface area contributed by atoms with Crippen LogP contribution in [0.1, 0.15) is 0 Å². The van der Waals surface area contributed by atoms with Gasteiger partial charge in [-0.2, -0.15) is 0 Å². The van der Waals surface area contributed by atoms with Crippen molar-refractivity contribution in [1.82, 2.24) is 15.0 Å². The number of imidazole rings is 1. The van der Waals surface area contributed by atoms with Crippen LogP contribution in [-0.4, -0.2) is 44.0 Å². The van der Waals surface area contributed by atoms with E-state index in [0.29, 0.717) is 0 Å². The molecule has 0 aliphatic rings. The molecule has 2 aromatic heterocycles. The lowest BCUT2D eigenvalue weighted by molar-refractivity contribution is -0.375. The summed E-state index contributed by atoms with van der Waals surface area (Å²) >= 11 is 0. The zero-order chi connectivity index (χ0) is 19.2. The maximum Gasteiger partial charge on any atom is 0.328 e. The summed E-state index contributed by atoms with van der Waals surface area (Å²) in [6.45, 7) is 0. The first kappa shape index (κ1) is 24.3. The van der Waals surface area contributed by atoms with E-state index in [2.05, 4.69) is 20.2 Å². The fraction of sp³-hybridized carbons (Fsp3) is 0. The number of benzene rings is 1. The molecular formula is C13H16N6O8S. The molecule has 0 unspecified atom stereocenters. The minimum Gasteiger partial charge on any atom is -0.744 e. The van der Waals surface area contributed by atoms with E-state index in [1.807, 2.05) is 17.4 Å². The van der Waals surface area contributed by atoms with Crippen molar-refractivity contribution >= 4 is 21.5 Å². The van der Waals surface area contributed by atoms with Gasteiger partial charge in [0.2, 0.25) is 17.9 Å². The Morgan fingerprint density at radius 1 is 1.07 bits per heavy atom. The largest absolute Gasteiger partial charge is 0.744 e. The highest BCUT2D eigenvalue weighted by Crippen LogP contribution is 2.26. The van der Waals surface area contributed by atoms with Gasteiger partial charge in [-0.25, -0.2) is 13.2 Å². The predicted octanol–water partition coefficient (Wildman–Crippen LogP) is -1.73. The second-order valence-electron chi connectivity index (χ2n) is 4.54. The molecule has 0 bridgehead atoms. The summed E-state index contributed by atoms with van der Waals surface area (Å²) in [5.74, 6) is -0.838. The number of hydrogen-bond acceptors (Lipinski definition) is 8. The summed E-state index contributed by atoms with van der Waals surface area (Å²) in [4.78, 5) is 30.9. The number of nitrogens with one attached hydrogen (secondary N) is 4. The lowest BCUT2D eigenvalue weighted by Crippen LogP contribution is -2.20. The van der Waals surface area contributed by atoms with Crippen LogP contribution in [0.25, 0.3) is 0 Å². The van der Waals surface area contributed by atoms with E-state index in [0.717, 1.165) is 6.07 Å². The van der Waals surface area contributed by atoms with Crippen LogP contribution < -0.4 is 16.2 Å². The summed E-state index contributed by atoms with van der Waals surface area (Å²) in [6, 6.07) is 4.92. The van der Waals surface area contributed by atoms with Crippen molar-refractivity contribution in [2.45, 2.75) is 4.90 Å². The van der Waals surface area contributed by atoms with Crippen molar-refractivity contribution in [1.29, 1.82) is 0 Å². The van der Waals surface area contributed by atoms with E-state index < -0.39 is 37.8 Å². The summed E-state index contributed by atoms with van der Waals surface area (Å²) < 4.78 is 33.1. The molecular weight excluding hydrogens is 400 g/mol. The van der Waals surface area contributed by atoms with Crippen molar-refractivity contribution in [3.8, 4) is 5.88 Å². The van der Waals surface area contributed by atoms with Crippen molar-refractivity contribution in [2.24, 2.45) is 10.2 Å². The van der Waals surface area contributed by atoms with Gasteiger partial charge in [-0.1, -0.05) is 12.1 Å². The molecule has 0 aliphatic heterocycles. The normalized spacial score (nSPS) is 10.3. The first-order chi connectivity index (χ1) is 12.3. The van der Waals surface area contributed by atoms with Gasteiger partial charge >= 0.3 is 5.69 Å². The minimum absolute atomic E-state index is 0. The van der Waals surface area contributed by atoms with E-state index in [9.17, 15) is 27.7 Å². The Morgan fingerprint density at radius 2 is 1.75 bits per heavy atom. The zero-order valence-corrected chi connectivity index (χ0v) is 14.6. The number of H-pyrrole nitrogens is 4. The van der Waals surface area contributed by atoms with E-state index in [4.69, 9.17) is 0 Å². The average molecular weight is 416 g/mol. The lowest BCUT2D eigenvalue weighted by atomic mass is 10.3. The summed E-state index contributed by atoms with van der Waals surface area (Å²) in [5.41, 5.74) is -2.91. The second-order valence-corrected chi connectivity index (χ2v) is 5.89. The molecule has 1 aromatic carbocycles. The standard InChI is InChI=1S/C10H8N4O6S.C3H4N2.2H2O/c15-8-7(9(16)12-10(17)11-8)14-13-5-3-1-2-4-6(5)21(18,19)20;1-2-5-3-4-1;;/h1-4H,(H,18,19,20)(H3,11,12,15,16,17);1-3H,(H,4,5);2*1H2. The van der Waals surface area contributed by atoms with Crippen molar-refractivity contribution < 1.29 is 34.0 Å². The Balaban J connectivity index is 0.000000907. The number of aromatic amines is 4. The molecule has 14 nitrogen and oxygen atoms in total. The maximum absolute atomic E-state index is 11.4. The maximum atomic E-state index is 11.4. The molecule has 15 heteroatoms. The lowest BCUT2D eigenvalue weighted by Gasteiger charge is -2.08. The Hall–Kier alpha value is -3.66. The van der Waals surface area contributed by atoms with Crippen molar-refractivity contribution in [2.75, 3.05) is 0 Å². The van der Waals surface area contributed by atoms with Crippen LogP contribution in [0.5, 0.6) is 5.88 Å². The topological polar surface area (TPSA) is 261 Å². The van der Waals surface area contributed by atoms with Gasteiger partial charge in [0.15, 0.2) is 0 Å². The molecule has 152 valence electrons. The third-order valence-corrected chi connectivity index (χ3v) is 3.62. The van der Waals surface area contributed by atoms with Gasteiger partial charge < -0.3 is 20.6 Å². The molecule has 0 saturated heterocycles. The van der Waals surface area contributed by atoms with Crippen molar-refractivity contribution in [3.05, 3.63) is 63.8 Å². The molecule has 2 heterocycles. The monoisotopic (exact) mass is 416 g/mol. The van der Waals surface area contributed by atoms with Gasteiger partial charge in [0.1, 0.15) is 28.2 Å². The number of aromatic hydroxyl groups is 1. The molecule has 9 N–H and O–H groups in total. The molecule has 0 spiro atoms. The van der Waals surface area contributed by atoms with Crippen LogP contribution in [0.15, 0.2) is 67.7 Å². The summed E-state index contributed by atoms with van der Waals surface area (Å²) in [5, 5.41) is 16.2. The molecule has 0 radical (unpaired) electrons. The van der Waals surface area contributed by atoms with Crippen LogP contribution in [-0.2, 0) is 10.1 Å². The van der Waals surface area contributed by atoms with E-state index in [-0.39, 0.29) is 16.6 Å². The number of hydrogen-bond donors (Lipinski definition) is 4. The Bertz CT molecular complexity index is 1100. The second kappa shape index (κ2) is 10.5. The highest BCUT2D eigenvalue weighted by atomic mass is 32.2. The fourth-order valence-electron chi connectivity index (χ4n) is 1.66. The van der Waals surface area contributed by atoms with E-state index in [1.165, 1.54) is 18.2 Å². The number of nitrogens with zero attached hydrogens (tertiary/aromatic N) is 2. The summed E-state index contributed by atoms with van der Waals surface area (Å²) in [6.07, 6.45) is 5.39. The SMILES string of the molecule is O.O.O=c1[nH]c(O)c(N=Nc2ccccc2S(=O)(=O)[O-])c(=O)[nH]1.c1c[nH+]c[nH]1. The highest BCUT2D eigenvalue weighted by Gasteiger charge is 2.10. The van der Waals surface area contributed by atoms with Crippen LogP contribution in [0.2, 0.25) is 0 Å². The first-order valence-electron chi connectivity index (χ1n) is 6.80. The third-order valence-electron chi connectivity index (χ3n) is 2.73. The van der Waals surface area contributed by atoms with Crippen molar-refractivity contribution in [3.63, 3.8) is 0 Å². The van der Waals surface area contributed by atoms with E-state index >= 15 is 0 Å². The fourth-order valence-corrected chi connectivity index (χ4v) is 2.27. The summed E-state index contributed by atoms with van der Waals surface area (Å²) in [7, 11) is -4.77. The van der Waals surface area contributed by atoms with Gasteiger partial charge in [0.05, 0.1) is 4.90 Å². The Morgan fingerprint density at radius 3 is 2.25 bits per heavy atom. The van der Waals surface area contributed by atoms with Gasteiger partial charge in [-0.05, 0) is 12.1 Å². The Labute approximate surface area is 156 Å². The van der Waals surface area contributed by atoms with Gasteiger partial charge in [0, 0.05) is 0 Å². The van der Waals surface area contributed by atoms with E-state index in [1.54, 1.807) is 11.3 Å². The van der Waals surface area contributed by atoms with Crippen LogP contribution in [0.3, 0.4) is 0 Å². The predicted molar refractivity (Wildman–Crippen MR) is 92.5 cm³/mol. The van der Waals surface area contributed by atoms with Gasteiger partial charge in [-0.15, -0.1) is 10.2 Å². The number of azo groups is 1. The van der Waals surface area contributed by atoms with Gasteiger partial charge in [-0.3, -0.25) is 24.7 Å². The zero-order valence-electron chi connectivity index (χ0n) is 13.8. The van der Waals surface area contributed by atoms with Crippen LogP contribution in [0, 0.1) is 0 Å². The van der Waals surface area contributed by atoms with Gasteiger partial charge in [0.25, 0.3) is 5.56 Å². The minimum atomic E-state index is -4.77. The average Bonchev–Trinajstić information content (AvgIpc) is 3.13. The molecule has 0 atom stereocenters. The molecule has 0 amide bonds. The third kappa shape index (κ3) is 6.57. The highest BCUT2D eigenvalue weighted by molar-refractivity contribution is 7.85. The molecule has 3 rings (SSSR count). The first-order valence-corrected chi connectivity index (χ1v) is 8.21. The molecule has 0 fully saturated rings. The van der Waals surface area contributed by atoms with Crippen LogP contribution in [0.4, 0.5) is 11.4 Å². The smallest absolute Gasteiger partial charge is 0.328 e. The quantitative estimate of drug-likeness (QED) is 0.284. The molecule has 0 saturated carbocycles. The molecule has 3 aromatic rings. The van der Waals surface area contributed by atoms with Crippen LogP contribution >= 0.6 is 0 Å². The Kier molecular flexibility index (Phi) is 9.11. The molecule has 28 heavy (non-hydrogen) atoms. The molecule has 0 aliphatic carbocycles. The number of aromatic nitrogens is 4. The number of rotatable bonds is 3.